The van der Waals surface area contributed by atoms with E-state index in [1.165, 1.54) is 21.4 Å². The summed E-state index contributed by atoms with van der Waals surface area (Å²) in [6, 6.07) is 0. The van der Waals surface area contributed by atoms with Crippen LogP contribution in [0.2, 0.25) is 0 Å². The van der Waals surface area contributed by atoms with Crippen LogP contribution in [0.1, 0.15) is 0 Å². The van der Waals surface area contributed by atoms with Gasteiger partial charge in [0.05, 0.1) is 24.9 Å². The van der Waals surface area contributed by atoms with Crippen LogP contribution >= 0.6 is 0 Å². The monoisotopic (exact) mass is 304 g/mol. The molecule has 0 amide bonds. The molecule has 1 aromatic heterocycles. The minimum atomic E-state index is -3.57. The molecule has 0 aliphatic carbocycles. The first-order valence-electron chi connectivity index (χ1n) is 6.31. The van der Waals surface area contributed by atoms with Crippen molar-refractivity contribution >= 4 is 10.0 Å². The maximum Gasteiger partial charge on any atom is 0.246 e. The highest BCUT2D eigenvalue weighted by Crippen LogP contribution is 2.23. The Bertz CT molecular complexity index is 532. The molecule has 2 unspecified atom stereocenters. The minimum absolute atomic E-state index is 0.164. The largest absolute Gasteiger partial charge is 0.377 e. The number of sulfonamides is 1. The molecule has 0 bridgehead atoms. The van der Waals surface area contributed by atoms with Gasteiger partial charge in [-0.1, -0.05) is 0 Å². The number of ether oxygens (including phenoxy) is 2. The average Bonchev–Trinajstić information content (AvgIpc) is 3.05. The van der Waals surface area contributed by atoms with Crippen molar-refractivity contribution in [2.45, 2.75) is 23.6 Å². The molecule has 0 aromatic carbocycles. The number of aromatic nitrogens is 2. The molecule has 1 aliphatic rings. The van der Waals surface area contributed by atoms with Crippen molar-refractivity contribution in [1.29, 1.82) is 0 Å². The zero-order chi connectivity index (χ0) is 14.8. The molecule has 1 aromatic rings. The van der Waals surface area contributed by atoms with E-state index in [0.29, 0.717) is 13.1 Å². The lowest BCUT2D eigenvalue weighted by molar-refractivity contribution is -0.00461. The van der Waals surface area contributed by atoms with E-state index in [2.05, 4.69) is 5.10 Å². The Morgan fingerprint density at radius 1 is 1.35 bits per heavy atom. The van der Waals surface area contributed by atoms with E-state index in [1.807, 2.05) is 0 Å². The molecule has 2 N–H and O–H groups in total. The van der Waals surface area contributed by atoms with Crippen molar-refractivity contribution in [3.8, 4) is 0 Å². The molecular weight excluding hydrogens is 284 g/mol. The molecule has 2 atom stereocenters. The van der Waals surface area contributed by atoms with Crippen LogP contribution in [0.3, 0.4) is 0 Å². The minimum Gasteiger partial charge on any atom is -0.377 e. The second kappa shape index (κ2) is 6.19. The van der Waals surface area contributed by atoms with Gasteiger partial charge >= 0.3 is 0 Å². The molecule has 2 rings (SSSR count). The molecule has 0 spiro atoms. The lowest BCUT2D eigenvalue weighted by atomic mass is 10.3. The molecule has 0 radical (unpaired) electrons. The van der Waals surface area contributed by atoms with E-state index < -0.39 is 10.0 Å². The highest BCUT2D eigenvalue weighted by atomic mass is 32.2. The predicted molar refractivity (Wildman–Crippen MR) is 71.6 cm³/mol. The van der Waals surface area contributed by atoms with Crippen LogP contribution in [0.4, 0.5) is 0 Å². The van der Waals surface area contributed by atoms with Gasteiger partial charge in [0.2, 0.25) is 10.0 Å². The van der Waals surface area contributed by atoms with E-state index in [9.17, 15) is 8.42 Å². The summed E-state index contributed by atoms with van der Waals surface area (Å²) in [7, 11) is -0.478. The van der Waals surface area contributed by atoms with Gasteiger partial charge in [0.1, 0.15) is 4.90 Å². The van der Waals surface area contributed by atoms with Gasteiger partial charge in [-0.3, -0.25) is 4.68 Å². The summed E-state index contributed by atoms with van der Waals surface area (Å²) >= 11 is 0. The molecule has 1 saturated heterocycles. The van der Waals surface area contributed by atoms with Crippen LogP contribution in [0.15, 0.2) is 17.3 Å². The zero-order valence-electron chi connectivity index (χ0n) is 11.6. The molecule has 0 saturated carbocycles. The summed E-state index contributed by atoms with van der Waals surface area (Å²) in [5, 5.41) is 3.99. The van der Waals surface area contributed by atoms with Crippen LogP contribution in [-0.4, -0.2) is 68.6 Å². The first-order chi connectivity index (χ1) is 9.52. The molecule has 9 heteroatoms. The fourth-order valence-electron chi connectivity index (χ4n) is 2.24. The van der Waals surface area contributed by atoms with Crippen molar-refractivity contribution in [1.82, 2.24) is 14.1 Å². The number of hydrogen-bond donors (Lipinski definition) is 1. The Labute approximate surface area is 118 Å². The summed E-state index contributed by atoms with van der Waals surface area (Å²) in [5.41, 5.74) is 5.42. The predicted octanol–water partition coefficient (Wildman–Crippen LogP) is -1.12. The fourth-order valence-corrected chi connectivity index (χ4v) is 3.66. The lowest BCUT2D eigenvalue weighted by Gasteiger charge is -2.14. The van der Waals surface area contributed by atoms with Gasteiger partial charge < -0.3 is 15.2 Å². The van der Waals surface area contributed by atoms with Crippen LogP contribution in [-0.2, 0) is 26.0 Å². The molecule has 1 aliphatic heterocycles. The maximum atomic E-state index is 12.5. The Morgan fingerprint density at radius 3 is 2.45 bits per heavy atom. The third kappa shape index (κ3) is 2.86. The van der Waals surface area contributed by atoms with Gasteiger partial charge in [0.15, 0.2) is 0 Å². The summed E-state index contributed by atoms with van der Waals surface area (Å²) in [6.07, 6.45) is 2.32. The average molecular weight is 304 g/mol. The van der Waals surface area contributed by atoms with Crippen LogP contribution in [0.25, 0.3) is 0 Å². The van der Waals surface area contributed by atoms with Crippen LogP contribution in [0.5, 0.6) is 0 Å². The summed E-state index contributed by atoms with van der Waals surface area (Å²) < 4.78 is 38.4. The SMILES string of the molecule is COC1CN(S(=O)(=O)c2cnn(CCN)c2)CC1OC. The highest BCUT2D eigenvalue weighted by Gasteiger charge is 2.40. The van der Waals surface area contributed by atoms with Gasteiger partial charge in [0, 0.05) is 40.1 Å². The third-order valence-corrected chi connectivity index (χ3v) is 5.18. The Hall–Kier alpha value is -1.00. The number of rotatable bonds is 6. The molecule has 8 nitrogen and oxygen atoms in total. The first-order valence-corrected chi connectivity index (χ1v) is 7.75. The maximum absolute atomic E-state index is 12.5. The fraction of sp³-hybridized carbons (Fsp3) is 0.727. The highest BCUT2D eigenvalue weighted by molar-refractivity contribution is 7.89. The van der Waals surface area contributed by atoms with E-state index in [4.69, 9.17) is 15.2 Å². The van der Waals surface area contributed by atoms with E-state index in [-0.39, 0.29) is 30.2 Å². The van der Waals surface area contributed by atoms with E-state index >= 15 is 0 Å². The lowest BCUT2D eigenvalue weighted by Crippen LogP contribution is -2.30. The number of hydrogen-bond acceptors (Lipinski definition) is 6. The van der Waals surface area contributed by atoms with Crippen LogP contribution < -0.4 is 5.73 Å². The topological polar surface area (TPSA) is 99.7 Å². The molecule has 1 fully saturated rings. The number of methoxy groups -OCH3 is 2. The molecule has 2 heterocycles. The second-order valence-electron chi connectivity index (χ2n) is 4.60. The Balaban J connectivity index is 2.18. The summed E-state index contributed by atoms with van der Waals surface area (Å²) in [5.74, 6) is 0. The third-order valence-electron chi connectivity index (χ3n) is 3.39. The van der Waals surface area contributed by atoms with Gasteiger partial charge in [-0.05, 0) is 0 Å². The molecule has 114 valence electrons. The Morgan fingerprint density at radius 2 is 1.95 bits per heavy atom. The van der Waals surface area contributed by atoms with Gasteiger partial charge in [-0.25, -0.2) is 8.42 Å². The van der Waals surface area contributed by atoms with Gasteiger partial charge in [-0.15, -0.1) is 0 Å². The van der Waals surface area contributed by atoms with Crippen molar-refractivity contribution in [2.75, 3.05) is 33.9 Å². The number of nitrogens with zero attached hydrogens (tertiary/aromatic N) is 3. The Kier molecular flexibility index (Phi) is 4.76. The summed E-state index contributed by atoms with van der Waals surface area (Å²) in [6.45, 7) is 1.44. The molecular formula is C11H20N4O4S. The number of nitrogens with two attached hydrogens (primary N) is 1. The standard InChI is InChI=1S/C11H20N4O4S/c1-18-10-7-15(8-11(10)19-2)20(16,17)9-5-13-14(6-9)4-3-12/h5-6,10-11H,3-4,7-8,12H2,1-2H3. The van der Waals surface area contributed by atoms with Gasteiger partial charge in [-0.2, -0.15) is 9.40 Å². The normalized spacial score (nSPS) is 24.4. The zero-order valence-corrected chi connectivity index (χ0v) is 12.4. The van der Waals surface area contributed by atoms with Gasteiger partial charge in [0.25, 0.3) is 0 Å². The van der Waals surface area contributed by atoms with Crippen molar-refractivity contribution in [3.63, 3.8) is 0 Å². The first kappa shape index (κ1) is 15.4. The second-order valence-corrected chi connectivity index (χ2v) is 6.54. The van der Waals surface area contributed by atoms with E-state index in [0.717, 1.165) is 0 Å². The van der Waals surface area contributed by atoms with Crippen LogP contribution in [0, 0.1) is 0 Å². The smallest absolute Gasteiger partial charge is 0.246 e. The molecule has 20 heavy (non-hydrogen) atoms. The van der Waals surface area contributed by atoms with Crippen molar-refractivity contribution in [3.05, 3.63) is 12.4 Å². The van der Waals surface area contributed by atoms with Crippen molar-refractivity contribution < 1.29 is 17.9 Å². The van der Waals surface area contributed by atoms with E-state index in [1.54, 1.807) is 14.2 Å². The van der Waals surface area contributed by atoms with Crippen molar-refractivity contribution in [2.24, 2.45) is 5.73 Å². The quantitative estimate of drug-likeness (QED) is 0.714. The summed E-state index contributed by atoms with van der Waals surface area (Å²) in [4.78, 5) is 0.164.